The summed E-state index contributed by atoms with van der Waals surface area (Å²) >= 11 is 0. The zero-order valence-electron chi connectivity index (χ0n) is 12.8. The third kappa shape index (κ3) is 2.56. The number of aromatic amines is 1. The molecule has 0 bridgehead atoms. The maximum absolute atomic E-state index is 12.0. The first-order valence-corrected chi connectivity index (χ1v) is 7.87. The first kappa shape index (κ1) is 14.1. The monoisotopic (exact) mass is 285 g/mol. The largest absolute Gasteiger partial charge is 0.361 e. The van der Waals surface area contributed by atoms with Gasteiger partial charge in [0.15, 0.2) is 0 Å². The summed E-state index contributed by atoms with van der Waals surface area (Å²) < 4.78 is 0. The molecular formula is C17H23N3O. The lowest BCUT2D eigenvalue weighted by Gasteiger charge is -2.19. The first-order valence-electron chi connectivity index (χ1n) is 7.87. The molecule has 0 atom stereocenters. The van der Waals surface area contributed by atoms with Crippen LogP contribution in [0, 0.1) is 0 Å². The summed E-state index contributed by atoms with van der Waals surface area (Å²) in [6.45, 7) is 8.37. The molecule has 1 aliphatic rings. The van der Waals surface area contributed by atoms with E-state index in [0.29, 0.717) is 0 Å². The maximum atomic E-state index is 12.0. The van der Waals surface area contributed by atoms with Gasteiger partial charge in [-0.05, 0) is 49.2 Å². The summed E-state index contributed by atoms with van der Waals surface area (Å²) in [5, 5.41) is 4.20. The molecule has 2 N–H and O–H groups in total. The summed E-state index contributed by atoms with van der Waals surface area (Å²) in [5.41, 5.74) is 4.55. The highest BCUT2D eigenvalue weighted by atomic mass is 16.1. The lowest BCUT2D eigenvalue weighted by Crippen LogP contribution is -2.32. The second-order valence-electron chi connectivity index (χ2n) is 5.61. The van der Waals surface area contributed by atoms with Crippen LogP contribution < -0.4 is 5.32 Å². The van der Waals surface area contributed by atoms with Crippen LogP contribution in [0.4, 0.5) is 0 Å². The third-order valence-electron chi connectivity index (χ3n) is 4.53. The van der Waals surface area contributed by atoms with Crippen molar-refractivity contribution in [3.05, 3.63) is 35.0 Å². The molecule has 1 aromatic heterocycles. The van der Waals surface area contributed by atoms with Crippen LogP contribution in [0.25, 0.3) is 10.9 Å². The number of aromatic nitrogens is 1. The van der Waals surface area contributed by atoms with Gasteiger partial charge in [0.2, 0.25) is 0 Å². The second kappa shape index (κ2) is 5.90. The van der Waals surface area contributed by atoms with Crippen molar-refractivity contribution in [3.63, 3.8) is 0 Å². The highest BCUT2D eigenvalue weighted by Gasteiger charge is 2.20. The van der Waals surface area contributed by atoms with E-state index < -0.39 is 0 Å². The van der Waals surface area contributed by atoms with E-state index in [1.165, 1.54) is 16.5 Å². The van der Waals surface area contributed by atoms with Gasteiger partial charge in [0.05, 0.1) is 0 Å². The van der Waals surface area contributed by atoms with Crippen LogP contribution in [-0.2, 0) is 12.8 Å². The Kier molecular flexibility index (Phi) is 3.97. The molecule has 0 fully saturated rings. The predicted molar refractivity (Wildman–Crippen MR) is 85.8 cm³/mol. The summed E-state index contributed by atoms with van der Waals surface area (Å²) in [4.78, 5) is 17.8. The third-order valence-corrected chi connectivity index (χ3v) is 4.53. The molecule has 1 aliphatic heterocycles. The Balaban J connectivity index is 1.96. The molecule has 0 saturated heterocycles. The number of hydrogen-bond acceptors (Lipinski definition) is 2. The fraction of sp³-hybridized carbons (Fsp3) is 0.471. The molecule has 0 saturated carbocycles. The highest BCUT2D eigenvalue weighted by molar-refractivity contribution is 6.02. The van der Waals surface area contributed by atoms with Crippen LogP contribution in [-0.4, -0.2) is 42.0 Å². The number of carbonyl (C=O) groups excluding carboxylic acids is 1. The van der Waals surface area contributed by atoms with E-state index in [1.807, 2.05) is 12.1 Å². The van der Waals surface area contributed by atoms with Gasteiger partial charge < -0.3 is 15.2 Å². The van der Waals surface area contributed by atoms with Crippen LogP contribution in [0.15, 0.2) is 18.3 Å². The van der Waals surface area contributed by atoms with E-state index in [9.17, 15) is 4.79 Å². The Hall–Kier alpha value is -1.81. The molecule has 1 amide bonds. The molecule has 2 aromatic rings. The van der Waals surface area contributed by atoms with Crippen molar-refractivity contribution in [2.24, 2.45) is 0 Å². The molecule has 3 rings (SSSR count). The molecular weight excluding hydrogens is 262 g/mol. The number of amides is 1. The van der Waals surface area contributed by atoms with Crippen molar-refractivity contribution in [1.29, 1.82) is 0 Å². The Bertz CT molecular complexity index is 655. The van der Waals surface area contributed by atoms with Crippen LogP contribution >= 0.6 is 0 Å². The molecule has 21 heavy (non-hydrogen) atoms. The van der Waals surface area contributed by atoms with E-state index in [-0.39, 0.29) is 5.91 Å². The molecule has 4 nitrogen and oxygen atoms in total. The van der Waals surface area contributed by atoms with Crippen molar-refractivity contribution < 1.29 is 4.79 Å². The molecule has 112 valence electrons. The summed E-state index contributed by atoms with van der Waals surface area (Å²) in [6.07, 6.45) is 4.06. The van der Waals surface area contributed by atoms with Gasteiger partial charge in [0.25, 0.3) is 5.91 Å². The zero-order chi connectivity index (χ0) is 14.8. The van der Waals surface area contributed by atoms with Crippen molar-refractivity contribution in [1.82, 2.24) is 15.2 Å². The Morgan fingerprint density at radius 1 is 1.24 bits per heavy atom. The highest BCUT2D eigenvalue weighted by Crippen LogP contribution is 2.28. The minimum Gasteiger partial charge on any atom is -0.361 e. The number of nitrogens with one attached hydrogen (secondary N) is 2. The molecule has 0 spiro atoms. The topological polar surface area (TPSA) is 48.1 Å². The van der Waals surface area contributed by atoms with Crippen molar-refractivity contribution >= 4 is 16.8 Å². The average molecular weight is 285 g/mol. The van der Waals surface area contributed by atoms with Gasteiger partial charge in [0.1, 0.15) is 0 Å². The van der Waals surface area contributed by atoms with Gasteiger partial charge >= 0.3 is 0 Å². The number of likely N-dealkylation sites (N-methyl/N-ethyl adjacent to an activating group) is 1. The zero-order valence-corrected chi connectivity index (χ0v) is 12.8. The van der Waals surface area contributed by atoms with Gasteiger partial charge in [-0.3, -0.25) is 4.79 Å². The molecule has 4 heteroatoms. The van der Waals surface area contributed by atoms with Gasteiger partial charge in [-0.2, -0.15) is 0 Å². The van der Waals surface area contributed by atoms with Gasteiger partial charge in [-0.15, -0.1) is 0 Å². The number of rotatable bonds is 5. The summed E-state index contributed by atoms with van der Waals surface area (Å²) in [7, 11) is 0. The summed E-state index contributed by atoms with van der Waals surface area (Å²) in [6, 6.07) is 3.97. The number of fused-ring (bicyclic) bond motifs is 3. The van der Waals surface area contributed by atoms with E-state index in [2.05, 4.69) is 35.2 Å². The maximum Gasteiger partial charge on any atom is 0.251 e. The van der Waals surface area contributed by atoms with Crippen LogP contribution in [0.2, 0.25) is 0 Å². The smallest absolute Gasteiger partial charge is 0.251 e. The number of carbonyl (C=O) groups is 1. The van der Waals surface area contributed by atoms with Gasteiger partial charge in [-0.1, -0.05) is 13.8 Å². The van der Waals surface area contributed by atoms with Crippen LogP contribution in [0.3, 0.4) is 0 Å². The van der Waals surface area contributed by atoms with E-state index in [4.69, 9.17) is 0 Å². The average Bonchev–Trinajstić information content (AvgIpc) is 2.92. The molecule has 0 radical (unpaired) electrons. The molecule has 0 unspecified atom stereocenters. The van der Waals surface area contributed by atoms with Crippen LogP contribution in [0.1, 0.15) is 35.3 Å². The lowest BCUT2D eigenvalue weighted by atomic mass is 9.94. The summed E-state index contributed by atoms with van der Waals surface area (Å²) in [5.74, 6) is 0.0639. The van der Waals surface area contributed by atoms with E-state index in [1.54, 1.807) is 0 Å². The Morgan fingerprint density at radius 2 is 2.05 bits per heavy atom. The second-order valence-corrected chi connectivity index (χ2v) is 5.61. The minimum atomic E-state index is 0.0639. The fourth-order valence-electron chi connectivity index (χ4n) is 3.26. The SMILES string of the molecule is CCN(CC)CCc1c[nH]c2ccc3c(c12)CCNC3=O. The molecule has 2 heterocycles. The fourth-order valence-corrected chi connectivity index (χ4v) is 3.26. The number of nitrogens with zero attached hydrogens (tertiary/aromatic N) is 1. The number of benzene rings is 1. The number of H-pyrrole nitrogens is 1. The predicted octanol–water partition coefficient (Wildman–Crippen LogP) is 2.34. The van der Waals surface area contributed by atoms with E-state index >= 15 is 0 Å². The van der Waals surface area contributed by atoms with Gasteiger partial charge in [0, 0.05) is 35.8 Å². The van der Waals surface area contributed by atoms with Crippen LogP contribution in [0.5, 0.6) is 0 Å². The lowest BCUT2D eigenvalue weighted by molar-refractivity contribution is 0.0946. The number of hydrogen-bond donors (Lipinski definition) is 2. The molecule has 0 aliphatic carbocycles. The quantitative estimate of drug-likeness (QED) is 0.886. The Labute approximate surface area is 125 Å². The standard InChI is InChI=1S/C17H23N3O/c1-3-20(4-2)10-8-12-11-19-15-6-5-14-13(16(12)15)7-9-18-17(14)21/h5-6,11,19H,3-4,7-10H2,1-2H3,(H,18,21). The first-order chi connectivity index (χ1) is 10.2. The Morgan fingerprint density at radius 3 is 2.81 bits per heavy atom. The van der Waals surface area contributed by atoms with Crippen molar-refractivity contribution in [2.75, 3.05) is 26.2 Å². The minimum absolute atomic E-state index is 0.0639. The van der Waals surface area contributed by atoms with Crippen molar-refractivity contribution in [3.8, 4) is 0 Å². The molecule has 1 aromatic carbocycles. The van der Waals surface area contributed by atoms with Gasteiger partial charge in [-0.25, -0.2) is 0 Å². The van der Waals surface area contributed by atoms with Crippen molar-refractivity contribution in [2.45, 2.75) is 26.7 Å². The van der Waals surface area contributed by atoms with E-state index in [0.717, 1.165) is 50.1 Å². The normalized spacial score (nSPS) is 14.5.